The Morgan fingerprint density at radius 3 is 1.56 bits per heavy atom. The second-order valence-electron chi connectivity index (χ2n) is 2.20. The molecule has 9 heavy (non-hydrogen) atoms. The van der Waals surface area contributed by atoms with Crippen molar-refractivity contribution in [3.8, 4) is 0 Å². The third-order valence-corrected chi connectivity index (χ3v) is 0.175. The summed E-state index contributed by atoms with van der Waals surface area (Å²) in [6.45, 7) is 6.92. The molecule has 0 saturated carbocycles. The number of hydrogen-bond donors (Lipinski definition) is 1. The van der Waals surface area contributed by atoms with Crippen molar-refractivity contribution in [1.82, 2.24) is 0 Å². The van der Waals surface area contributed by atoms with Gasteiger partial charge in [-0.1, -0.05) is 19.6 Å². The highest BCUT2D eigenvalue weighted by Gasteiger charge is 1.80. The van der Waals surface area contributed by atoms with Crippen molar-refractivity contribution >= 4 is 15.0 Å². The van der Waals surface area contributed by atoms with Gasteiger partial charge in [0.1, 0.15) is 0 Å². The fraction of sp³-hybridized carbons (Fsp3) is 0.800. The minimum Gasteiger partial charge on any atom is -0.450 e. The molecule has 1 N–H and O–H groups in total. The van der Waals surface area contributed by atoms with Gasteiger partial charge in [0.05, 0.1) is 7.11 Å². The minimum atomic E-state index is -1.25. The zero-order valence-electron chi connectivity index (χ0n) is 6.34. The second kappa shape index (κ2) is 7.49. The lowest BCUT2D eigenvalue weighted by atomic mass is 11.4. The molecule has 0 atom stereocenters. The van der Waals surface area contributed by atoms with Crippen LogP contribution in [0.25, 0.3) is 0 Å². The molecule has 0 saturated heterocycles. The molecule has 0 spiro atoms. The van der Waals surface area contributed by atoms with Crippen molar-refractivity contribution in [3.05, 3.63) is 0 Å². The number of carboxylic acid groups (broad SMARTS) is 1. The molecule has 0 aliphatic heterocycles. The molecule has 0 radical (unpaired) electrons. The summed E-state index contributed by atoms with van der Waals surface area (Å²) in [5.74, 6) is 0. The Bertz CT molecular complexity index is 69.8. The van der Waals surface area contributed by atoms with E-state index in [1.54, 1.807) is 0 Å². The molecule has 0 bridgehead atoms. The van der Waals surface area contributed by atoms with Crippen LogP contribution in [0.1, 0.15) is 0 Å². The summed E-state index contributed by atoms with van der Waals surface area (Å²) in [6, 6.07) is 0. The SMILES string of the molecule is COC(=O)O.C[SiH](C)C. The Labute approximate surface area is 57.3 Å². The van der Waals surface area contributed by atoms with Crippen molar-refractivity contribution < 1.29 is 14.6 Å². The predicted molar refractivity (Wildman–Crippen MR) is 39.8 cm³/mol. The van der Waals surface area contributed by atoms with Gasteiger partial charge in [-0.3, -0.25) is 0 Å². The Morgan fingerprint density at radius 2 is 1.56 bits per heavy atom. The molecule has 0 rings (SSSR count). The van der Waals surface area contributed by atoms with Crippen LogP contribution in [0.3, 0.4) is 0 Å². The van der Waals surface area contributed by atoms with Crippen molar-refractivity contribution in [3.63, 3.8) is 0 Å². The Kier molecular flexibility index (Phi) is 9.40. The van der Waals surface area contributed by atoms with Crippen LogP contribution in [0.15, 0.2) is 0 Å². The maximum absolute atomic E-state index is 9.15. The topological polar surface area (TPSA) is 46.5 Å². The molecule has 0 aromatic carbocycles. The lowest BCUT2D eigenvalue weighted by molar-refractivity contribution is 0.114. The van der Waals surface area contributed by atoms with Gasteiger partial charge in [0.25, 0.3) is 0 Å². The molecule has 0 heterocycles. The van der Waals surface area contributed by atoms with Crippen LogP contribution in [0.2, 0.25) is 19.6 Å². The lowest BCUT2D eigenvalue weighted by Crippen LogP contribution is -1.91. The van der Waals surface area contributed by atoms with Crippen LogP contribution in [0.4, 0.5) is 4.79 Å². The van der Waals surface area contributed by atoms with E-state index in [9.17, 15) is 0 Å². The predicted octanol–water partition coefficient (Wildman–Crippen LogP) is 1.41. The maximum atomic E-state index is 9.15. The Balaban J connectivity index is 0. The lowest BCUT2D eigenvalue weighted by Gasteiger charge is -1.79. The molecule has 0 aromatic rings. The third kappa shape index (κ3) is 102. The fourth-order valence-electron chi connectivity index (χ4n) is 0. The number of ether oxygens (including phenoxy) is 1. The molecule has 3 nitrogen and oxygen atoms in total. The molecule has 56 valence electrons. The third-order valence-electron chi connectivity index (χ3n) is 0.175. The highest BCUT2D eigenvalue weighted by atomic mass is 28.3. The quantitative estimate of drug-likeness (QED) is 0.419. The van der Waals surface area contributed by atoms with Crippen LogP contribution in [0.5, 0.6) is 0 Å². The summed E-state index contributed by atoms with van der Waals surface area (Å²) in [5.41, 5.74) is 0. The molecule has 0 unspecified atom stereocenters. The van der Waals surface area contributed by atoms with Gasteiger partial charge in [0, 0.05) is 8.80 Å². The molecule has 0 amide bonds. The Hall–Kier alpha value is -0.513. The van der Waals surface area contributed by atoms with E-state index in [1.807, 2.05) is 0 Å². The molecule has 0 aliphatic carbocycles. The van der Waals surface area contributed by atoms with Gasteiger partial charge in [-0.25, -0.2) is 4.79 Å². The van der Waals surface area contributed by atoms with Crippen LogP contribution in [-0.4, -0.2) is 27.2 Å². The molecule has 0 fully saturated rings. The number of methoxy groups -OCH3 is 1. The molecular weight excluding hydrogens is 136 g/mol. The van der Waals surface area contributed by atoms with Gasteiger partial charge in [-0.2, -0.15) is 0 Å². The van der Waals surface area contributed by atoms with Crippen molar-refractivity contribution in [2.45, 2.75) is 19.6 Å². The number of carbonyl (C=O) groups is 1. The summed E-state index contributed by atoms with van der Waals surface area (Å²) in [6.07, 6.45) is -1.25. The monoisotopic (exact) mass is 150 g/mol. The minimum absolute atomic E-state index is 0.139. The second-order valence-corrected chi connectivity index (χ2v) is 5.67. The first kappa shape index (κ1) is 11.3. The zero-order chi connectivity index (χ0) is 7.86. The largest absolute Gasteiger partial charge is 0.505 e. The van der Waals surface area contributed by atoms with Crippen LogP contribution < -0.4 is 0 Å². The summed E-state index contributed by atoms with van der Waals surface area (Å²) in [7, 11) is 0.961. The van der Waals surface area contributed by atoms with E-state index in [2.05, 4.69) is 24.4 Å². The summed E-state index contributed by atoms with van der Waals surface area (Å²) < 4.78 is 3.67. The van der Waals surface area contributed by atoms with Crippen molar-refractivity contribution in [2.24, 2.45) is 0 Å². The van der Waals surface area contributed by atoms with E-state index in [0.29, 0.717) is 0 Å². The van der Waals surface area contributed by atoms with Crippen molar-refractivity contribution in [2.75, 3.05) is 7.11 Å². The van der Waals surface area contributed by atoms with Crippen LogP contribution >= 0.6 is 0 Å². The normalized spacial score (nSPS) is 7.67. The van der Waals surface area contributed by atoms with Crippen LogP contribution in [0, 0.1) is 0 Å². The zero-order valence-corrected chi connectivity index (χ0v) is 7.50. The first-order valence-electron chi connectivity index (χ1n) is 2.77. The highest BCUT2D eigenvalue weighted by molar-refractivity contribution is 6.54. The van der Waals surface area contributed by atoms with E-state index >= 15 is 0 Å². The first-order chi connectivity index (χ1) is 4.00. The van der Waals surface area contributed by atoms with Crippen LogP contribution in [-0.2, 0) is 4.74 Å². The van der Waals surface area contributed by atoms with E-state index in [-0.39, 0.29) is 8.80 Å². The maximum Gasteiger partial charge on any atom is 0.505 e. The van der Waals surface area contributed by atoms with E-state index in [1.165, 1.54) is 0 Å². The van der Waals surface area contributed by atoms with Crippen molar-refractivity contribution in [1.29, 1.82) is 0 Å². The van der Waals surface area contributed by atoms with E-state index < -0.39 is 6.16 Å². The summed E-state index contributed by atoms with van der Waals surface area (Å²) in [4.78, 5) is 9.15. The molecule has 0 aliphatic rings. The number of rotatable bonds is 0. The average Bonchev–Trinajstić information content (AvgIpc) is 1.65. The number of hydrogen-bond acceptors (Lipinski definition) is 2. The highest BCUT2D eigenvalue weighted by Crippen LogP contribution is 1.68. The van der Waals surface area contributed by atoms with Gasteiger partial charge in [0.2, 0.25) is 0 Å². The standard InChI is InChI=1S/C3H10Si.C2H4O3/c1-4(2)3;1-5-2(3)4/h4H,1-3H3;1H3,(H,3,4). The summed E-state index contributed by atoms with van der Waals surface area (Å²) in [5, 5.41) is 7.50. The van der Waals surface area contributed by atoms with Gasteiger partial charge in [0.15, 0.2) is 0 Å². The average molecular weight is 150 g/mol. The smallest absolute Gasteiger partial charge is 0.450 e. The molecular formula is C5H14O3Si. The van der Waals surface area contributed by atoms with Gasteiger partial charge < -0.3 is 9.84 Å². The Morgan fingerprint density at radius 1 is 1.44 bits per heavy atom. The summed E-state index contributed by atoms with van der Waals surface area (Å²) >= 11 is 0. The molecule has 4 heteroatoms. The van der Waals surface area contributed by atoms with Gasteiger partial charge >= 0.3 is 6.16 Å². The first-order valence-corrected chi connectivity index (χ1v) is 6.24. The molecule has 0 aromatic heterocycles. The van der Waals surface area contributed by atoms with E-state index in [4.69, 9.17) is 9.90 Å². The van der Waals surface area contributed by atoms with Gasteiger partial charge in [-0.15, -0.1) is 0 Å². The fourth-order valence-corrected chi connectivity index (χ4v) is 0. The van der Waals surface area contributed by atoms with E-state index in [0.717, 1.165) is 7.11 Å². The van der Waals surface area contributed by atoms with Gasteiger partial charge in [-0.05, 0) is 0 Å².